The number of hydrogen-bond acceptors (Lipinski definition) is 6. The Morgan fingerprint density at radius 3 is 2.10 bits per heavy atom. The van der Waals surface area contributed by atoms with E-state index in [1.807, 2.05) is 0 Å². The van der Waals surface area contributed by atoms with Crippen LogP contribution in [0.3, 0.4) is 0 Å². The molecule has 0 aliphatic heterocycles. The van der Waals surface area contributed by atoms with Crippen LogP contribution >= 0.6 is 0 Å². The van der Waals surface area contributed by atoms with Gasteiger partial charge in [-0.25, -0.2) is 9.59 Å². The number of phenolic OH excluding ortho intramolecular Hbond substituents is 2. The summed E-state index contributed by atoms with van der Waals surface area (Å²) in [7, 11) is 0. The second kappa shape index (κ2) is 5.41. The van der Waals surface area contributed by atoms with Gasteiger partial charge < -0.3 is 25.2 Å². The first-order valence-electron chi connectivity index (χ1n) is 5.69. The normalized spacial score (nSPS) is 10.1. The van der Waals surface area contributed by atoms with E-state index in [1.54, 1.807) is 0 Å². The average molecular weight is 290 g/mol. The van der Waals surface area contributed by atoms with Crippen molar-refractivity contribution in [3.05, 3.63) is 47.5 Å². The van der Waals surface area contributed by atoms with E-state index in [-0.39, 0.29) is 5.75 Å². The van der Waals surface area contributed by atoms with Crippen molar-refractivity contribution in [2.75, 3.05) is 0 Å². The van der Waals surface area contributed by atoms with Crippen LogP contribution in [0.1, 0.15) is 20.7 Å². The lowest BCUT2D eigenvalue weighted by atomic mass is 10.1. The van der Waals surface area contributed by atoms with Crippen molar-refractivity contribution >= 4 is 11.9 Å². The Hall–Kier alpha value is -3.22. The molecule has 2 aromatic rings. The number of carbonyl (C=O) groups is 2. The second-order valence-electron chi connectivity index (χ2n) is 4.04. The maximum absolute atomic E-state index is 11.9. The van der Waals surface area contributed by atoms with Gasteiger partial charge >= 0.3 is 11.9 Å². The number of hydrogen-bond donors (Lipinski definition) is 4. The van der Waals surface area contributed by atoms with Crippen molar-refractivity contribution in [2.24, 2.45) is 0 Å². The molecule has 2 rings (SSSR count). The minimum Gasteiger partial charge on any atom is -0.507 e. The van der Waals surface area contributed by atoms with E-state index < -0.39 is 40.3 Å². The van der Waals surface area contributed by atoms with Crippen molar-refractivity contribution in [1.82, 2.24) is 0 Å². The van der Waals surface area contributed by atoms with Gasteiger partial charge in [-0.3, -0.25) is 0 Å². The Balaban J connectivity index is 2.32. The maximum Gasteiger partial charge on any atom is 0.351 e. The van der Waals surface area contributed by atoms with Crippen LogP contribution in [0.15, 0.2) is 36.4 Å². The lowest BCUT2D eigenvalue weighted by molar-refractivity contribution is 0.0682. The molecule has 21 heavy (non-hydrogen) atoms. The van der Waals surface area contributed by atoms with Gasteiger partial charge in [-0.1, -0.05) is 6.07 Å². The zero-order valence-corrected chi connectivity index (χ0v) is 10.5. The Bertz CT molecular complexity index is 701. The van der Waals surface area contributed by atoms with Crippen LogP contribution in [0.2, 0.25) is 0 Å². The molecule has 0 fully saturated rings. The average Bonchev–Trinajstić information content (AvgIpc) is 2.40. The summed E-state index contributed by atoms with van der Waals surface area (Å²) in [5.74, 6) is -4.04. The van der Waals surface area contributed by atoms with Crippen molar-refractivity contribution in [1.29, 1.82) is 0 Å². The monoisotopic (exact) mass is 290 g/mol. The number of carboxylic acids is 1. The van der Waals surface area contributed by atoms with Crippen LogP contribution in [-0.4, -0.2) is 32.4 Å². The van der Waals surface area contributed by atoms with E-state index in [0.29, 0.717) is 0 Å². The summed E-state index contributed by atoms with van der Waals surface area (Å²) in [6, 6.07) is 6.90. The molecule has 7 nitrogen and oxygen atoms in total. The van der Waals surface area contributed by atoms with Gasteiger partial charge in [0.15, 0.2) is 0 Å². The SMILES string of the molecule is O=C(O)c1cc(OC(=O)c2c(O)cccc2O)ccc1O. The van der Waals surface area contributed by atoms with Crippen LogP contribution in [0.5, 0.6) is 23.0 Å². The first-order chi connectivity index (χ1) is 9.90. The Morgan fingerprint density at radius 2 is 1.52 bits per heavy atom. The van der Waals surface area contributed by atoms with E-state index in [0.717, 1.165) is 12.1 Å². The predicted octanol–water partition coefficient (Wildman–Crippen LogP) is 1.72. The quantitative estimate of drug-likeness (QED) is 0.501. The summed E-state index contributed by atoms with van der Waals surface area (Å²) in [6.07, 6.45) is 0. The summed E-state index contributed by atoms with van der Waals surface area (Å²) in [5, 5.41) is 37.3. The fourth-order valence-corrected chi connectivity index (χ4v) is 1.65. The number of phenols is 3. The largest absolute Gasteiger partial charge is 0.507 e. The number of benzene rings is 2. The Kier molecular flexibility index (Phi) is 3.66. The molecule has 0 aromatic heterocycles. The molecule has 0 atom stereocenters. The van der Waals surface area contributed by atoms with E-state index in [2.05, 4.69) is 0 Å². The number of aromatic carboxylic acids is 1. The third-order valence-corrected chi connectivity index (χ3v) is 2.63. The summed E-state index contributed by atoms with van der Waals surface area (Å²) >= 11 is 0. The van der Waals surface area contributed by atoms with Crippen molar-refractivity contribution < 1.29 is 34.8 Å². The Morgan fingerprint density at radius 1 is 0.905 bits per heavy atom. The van der Waals surface area contributed by atoms with Gasteiger partial charge in [0, 0.05) is 0 Å². The standard InChI is InChI=1S/C14H10O7/c15-9-5-4-7(6-8(9)13(18)19)21-14(20)12-10(16)2-1-3-11(12)17/h1-6,15-17H,(H,18,19). The maximum atomic E-state index is 11.9. The molecule has 0 aliphatic carbocycles. The van der Waals surface area contributed by atoms with Gasteiger partial charge in [0.2, 0.25) is 0 Å². The molecule has 0 unspecified atom stereocenters. The number of esters is 1. The summed E-state index contributed by atoms with van der Waals surface area (Å²) < 4.78 is 4.87. The van der Waals surface area contributed by atoms with Crippen LogP contribution in [-0.2, 0) is 0 Å². The van der Waals surface area contributed by atoms with Gasteiger partial charge in [0.05, 0.1) is 0 Å². The smallest absolute Gasteiger partial charge is 0.351 e. The topological polar surface area (TPSA) is 124 Å². The fraction of sp³-hybridized carbons (Fsp3) is 0. The molecule has 4 N–H and O–H groups in total. The Labute approximate surface area is 118 Å². The van der Waals surface area contributed by atoms with Gasteiger partial charge in [-0.15, -0.1) is 0 Å². The molecule has 7 heteroatoms. The van der Waals surface area contributed by atoms with E-state index >= 15 is 0 Å². The molecule has 0 saturated heterocycles. The summed E-state index contributed by atoms with van der Waals surface area (Å²) in [6.45, 7) is 0. The van der Waals surface area contributed by atoms with Crippen molar-refractivity contribution in [3.8, 4) is 23.0 Å². The highest BCUT2D eigenvalue weighted by Gasteiger charge is 2.19. The second-order valence-corrected chi connectivity index (χ2v) is 4.04. The minimum atomic E-state index is -1.39. The molecular weight excluding hydrogens is 280 g/mol. The molecular formula is C14H10O7. The molecule has 0 amide bonds. The van der Waals surface area contributed by atoms with Gasteiger partial charge in [-0.2, -0.15) is 0 Å². The highest BCUT2D eigenvalue weighted by Crippen LogP contribution is 2.29. The lowest BCUT2D eigenvalue weighted by Crippen LogP contribution is -2.09. The molecule has 0 aliphatic rings. The molecule has 0 saturated carbocycles. The predicted molar refractivity (Wildman–Crippen MR) is 69.8 cm³/mol. The third kappa shape index (κ3) is 2.86. The fourth-order valence-electron chi connectivity index (χ4n) is 1.65. The first kappa shape index (κ1) is 14.2. The molecule has 0 bridgehead atoms. The molecule has 0 spiro atoms. The zero-order valence-electron chi connectivity index (χ0n) is 10.5. The lowest BCUT2D eigenvalue weighted by Gasteiger charge is -2.08. The number of aromatic hydroxyl groups is 3. The van der Waals surface area contributed by atoms with Crippen molar-refractivity contribution in [3.63, 3.8) is 0 Å². The van der Waals surface area contributed by atoms with Gasteiger partial charge in [-0.05, 0) is 30.3 Å². The molecule has 2 aromatic carbocycles. The third-order valence-electron chi connectivity index (χ3n) is 2.63. The minimum absolute atomic E-state index is 0.155. The highest BCUT2D eigenvalue weighted by molar-refractivity contribution is 5.97. The van der Waals surface area contributed by atoms with Crippen molar-refractivity contribution in [2.45, 2.75) is 0 Å². The molecule has 108 valence electrons. The van der Waals surface area contributed by atoms with E-state index in [4.69, 9.17) is 9.84 Å². The van der Waals surface area contributed by atoms with Gasteiger partial charge in [0.25, 0.3) is 0 Å². The summed E-state index contributed by atoms with van der Waals surface area (Å²) in [4.78, 5) is 22.7. The van der Waals surface area contributed by atoms with Crippen LogP contribution < -0.4 is 4.74 Å². The number of carbonyl (C=O) groups excluding carboxylic acids is 1. The van der Waals surface area contributed by atoms with Crippen LogP contribution in [0.25, 0.3) is 0 Å². The van der Waals surface area contributed by atoms with Crippen LogP contribution in [0, 0.1) is 0 Å². The number of rotatable bonds is 3. The van der Waals surface area contributed by atoms with E-state index in [9.17, 15) is 24.9 Å². The highest BCUT2D eigenvalue weighted by atomic mass is 16.5. The van der Waals surface area contributed by atoms with Crippen LogP contribution in [0.4, 0.5) is 0 Å². The summed E-state index contributed by atoms with van der Waals surface area (Å²) in [5.41, 5.74) is -0.885. The van der Waals surface area contributed by atoms with Gasteiger partial charge in [0.1, 0.15) is 34.1 Å². The molecule has 0 radical (unpaired) electrons. The molecule has 0 heterocycles. The number of ether oxygens (including phenoxy) is 1. The zero-order chi connectivity index (χ0) is 15.6. The number of carboxylic acid groups (broad SMARTS) is 1. The van der Waals surface area contributed by atoms with E-state index in [1.165, 1.54) is 24.3 Å². The first-order valence-corrected chi connectivity index (χ1v) is 5.69.